The van der Waals surface area contributed by atoms with E-state index in [1.807, 2.05) is 24.3 Å². The maximum absolute atomic E-state index is 8.05. The molecular formula is C50H29N5. The van der Waals surface area contributed by atoms with Gasteiger partial charge in [0.25, 0.3) is 0 Å². The van der Waals surface area contributed by atoms with Crippen LogP contribution in [0.1, 0.15) is 0 Å². The summed E-state index contributed by atoms with van der Waals surface area (Å²) >= 11 is 0. The second-order valence-corrected chi connectivity index (χ2v) is 13.9. The molecule has 3 aromatic heterocycles. The van der Waals surface area contributed by atoms with Gasteiger partial charge in [-0.25, -0.2) is 9.69 Å². The molecule has 0 amide bonds. The lowest BCUT2D eigenvalue weighted by Crippen LogP contribution is -2.01. The SMILES string of the molecule is [C-]#[N+]c1ccc(-n2c3ccccc3c3cc(-n4c5ccccc5c5ccccc54)ccc32)c(-c2ccccc2-n2c3ccccc3c3cc([N+]#[C-])ccc32)c1. The minimum Gasteiger partial charge on any atom is -0.309 e. The first-order chi connectivity index (χ1) is 27.2. The van der Waals surface area contributed by atoms with E-state index < -0.39 is 0 Å². The summed E-state index contributed by atoms with van der Waals surface area (Å²) in [7, 11) is 0. The third-order valence-electron chi connectivity index (χ3n) is 11.1. The van der Waals surface area contributed by atoms with Crippen LogP contribution in [0, 0.1) is 13.1 Å². The van der Waals surface area contributed by atoms with Gasteiger partial charge in [0.2, 0.25) is 0 Å². The van der Waals surface area contributed by atoms with Crippen molar-refractivity contribution in [3.63, 3.8) is 0 Å². The molecule has 3 heterocycles. The van der Waals surface area contributed by atoms with Crippen molar-refractivity contribution in [3.8, 4) is 28.2 Å². The van der Waals surface area contributed by atoms with Crippen molar-refractivity contribution >= 4 is 76.8 Å². The van der Waals surface area contributed by atoms with E-state index in [9.17, 15) is 0 Å². The quantitative estimate of drug-likeness (QED) is 0.163. The number of aromatic nitrogens is 3. The summed E-state index contributed by atoms with van der Waals surface area (Å²) in [4.78, 5) is 7.65. The Balaban J connectivity index is 1.19. The van der Waals surface area contributed by atoms with E-state index in [-0.39, 0.29) is 0 Å². The van der Waals surface area contributed by atoms with Crippen molar-refractivity contribution in [2.24, 2.45) is 0 Å². The van der Waals surface area contributed by atoms with Crippen LogP contribution in [-0.2, 0) is 0 Å². The first-order valence-electron chi connectivity index (χ1n) is 18.3. The second-order valence-electron chi connectivity index (χ2n) is 13.9. The number of nitrogens with zero attached hydrogens (tertiary/aromatic N) is 5. The zero-order valence-corrected chi connectivity index (χ0v) is 29.5. The highest BCUT2D eigenvalue weighted by Crippen LogP contribution is 2.43. The molecule has 254 valence electrons. The predicted molar refractivity (Wildman–Crippen MR) is 227 cm³/mol. The zero-order chi connectivity index (χ0) is 36.6. The van der Waals surface area contributed by atoms with Crippen LogP contribution in [0.3, 0.4) is 0 Å². The second kappa shape index (κ2) is 11.8. The van der Waals surface area contributed by atoms with E-state index in [4.69, 9.17) is 13.1 Å². The minimum absolute atomic E-state index is 0.576. The number of hydrogen-bond donors (Lipinski definition) is 0. The Hall–Kier alpha value is -7.86. The van der Waals surface area contributed by atoms with Gasteiger partial charge in [0, 0.05) is 38.2 Å². The Morgan fingerprint density at radius 2 is 0.727 bits per heavy atom. The number of para-hydroxylation sites is 5. The minimum atomic E-state index is 0.576. The summed E-state index contributed by atoms with van der Waals surface area (Å²) in [6.45, 7) is 15.7. The Morgan fingerprint density at radius 1 is 0.309 bits per heavy atom. The fourth-order valence-corrected chi connectivity index (χ4v) is 8.75. The first kappa shape index (κ1) is 30.7. The van der Waals surface area contributed by atoms with Gasteiger partial charge in [0.05, 0.1) is 57.6 Å². The number of benzene rings is 8. The fourth-order valence-electron chi connectivity index (χ4n) is 8.75. The summed E-state index contributed by atoms with van der Waals surface area (Å²) < 4.78 is 7.02. The molecule has 0 atom stereocenters. The summed E-state index contributed by atoms with van der Waals surface area (Å²) in [5, 5.41) is 6.91. The molecule has 0 saturated carbocycles. The summed E-state index contributed by atoms with van der Waals surface area (Å²) in [5.74, 6) is 0. The Kier molecular flexibility index (Phi) is 6.61. The lowest BCUT2D eigenvalue weighted by atomic mass is 10.00. The van der Waals surface area contributed by atoms with E-state index in [0.717, 1.165) is 71.8 Å². The lowest BCUT2D eigenvalue weighted by Gasteiger charge is -2.19. The molecule has 8 aromatic carbocycles. The van der Waals surface area contributed by atoms with Crippen LogP contribution in [0.25, 0.3) is 103 Å². The van der Waals surface area contributed by atoms with Gasteiger partial charge >= 0.3 is 0 Å². The zero-order valence-electron chi connectivity index (χ0n) is 29.5. The third-order valence-corrected chi connectivity index (χ3v) is 11.1. The van der Waals surface area contributed by atoms with Gasteiger partial charge in [0.1, 0.15) is 0 Å². The molecule has 11 aromatic rings. The highest BCUT2D eigenvalue weighted by atomic mass is 15.0. The van der Waals surface area contributed by atoms with Crippen LogP contribution in [0.15, 0.2) is 176 Å². The van der Waals surface area contributed by atoms with Gasteiger partial charge in [-0.15, -0.1) is 0 Å². The molecule has 55 heavy (non-hydrogen) atoms. The molecule has 5 heteroatoms. The van der Waals surface area contributed by atoms with Gasteiger partial charge in [-0.2, -0.15) is 0 Å². The molecule has 5 nitrogen and oxygen atoms in total. The van der Waals surface area contributed by atoms with Crippen molar-refractivity contribution in [2.45, 2.75) is 0 Å². The topological polar surface area (TPSA) is 23.5 Å². The van der Waals surface area contributed by atoms with Crippen LogP contribution >= 0.6 is 0 Å². The van der Waals surface area contributed by atoms with Gasteiger partial charge in [-0.1, -0.05) is 103 Å². The number of rotatable bonds is 4. The van der Waals surface area contributed by atoms with Gasteiger partial charge in [-0.05, 0) is 83.7 Å². The maximum atomic E-state index is 8.05. The van der Waals surface area contributed by atoms with Crippen molar-refractivity contribution in [1.29, 1.82) is 0 Å². The summed E-state index contributed by atoms with van der Waals surface area (Å²) in [6.07, 6.45) is 0. The fraction of sp³-hybridized carbons (Fsp3) is 0. The molecule has 0 fully saturated rings. The highest BCUT2D eigenvalue weighted by molar-refractivity contribution is 6.13. The van der Waals surface area contributed by atoms with Gasteiger partial charge in [-0.3, -0.25) is 0 Å². The first-order valence-corrected chi connectivity index (χ1v) is 18.3. The average Bonchev–Trinajstić information content (AvgIpc) is 3.88. The van der Waals surface area contributed by atoms with E-state index in [1.54, 1.807) is 0 Å². The van der Waals surface area contributed by atoms with Crippen molar-refractivity contribution in [1.82, 2.24) is 13.7 Å². The van der Waals surface area contributed by atoms with Crippen LogP contribution in [-0.4, -0.2) is 13.7 Å². The van der Waals surface area contributed by atoms with Gasteiger partial charge in [0.15, 0.2) is 11.4 Å². The maximum Gasteiger partial charge on any atom is 0.188 e. The molecule has 0 bridgehead atoms. The molecule has 11 rings (SSSR count). The smallest absolute Gasteiger partial charge is 0.188 e. The van der Waals surface area contributed by atoms with Crippen LogP contribution in [0.5, 0.6) is 0 Å². The normalized spacial score (nSPS) is 11.6. The summed E-state index contributed by atoms with van der Waals surface area (Å²) in [6, 6.07) is 61.5. The molecule has 0 aliphatic carbocycles. The lowest BCUT2D eigenvalue weighted by molar-refractivity contribution is 1.16. The van der Waals surface area contributed by atoms with Crippen molar-refractivity contribution in [3.05, 3.63) is 199 Å². The molecule has 0 unspecified atom stereocenters. The molecule has 0 saturated heterocycles. The van der Waals surface area contributed by atoms with Crippen LogP contribution in [0.2, 0.25) is 0 Å². The standard InChI is InChI=1S/C50H29N5/c1-51-32-23-26-48-40(29-32)37-15-5-10-20-45(37)54(48)46-21-11-6-16-38(46)41-30-33(52-2)24-27-49(41)55-47-22-12-7-17-39(47)42-31-34(25-28-50(42)55)53-43-18-8-3-13-35(43)36-14-4-9-19-44(36)53/h3-31H. The Labute approximate surface area is 316 Å². The average molecular weight is 700 g/mol. The molecule has 0 radical (unpaired) electrons. The highest BCUT2D eigenvalue weighted by Gasteiger charge is 2.21. The molecule has 0 aliphatic rings. The third kappa shape index (κ3) is 4.45. The van der Waals surface area contributed by atoms with Crippen molar-refractivity contribution < 1.29 is 0 Å². The van der Waals surface area contributed by atoms with Crippen LogP contribution < -0.4 is 0 Å². The van der Waals surface area contributed by atoms with E-state index >= 15 is 0 Å². The number of fused-ring (bicyclic) bond motifs is 9. The summed E-state index contributed by atoms with van der Waals surface area (Å²) in [5.41, 5.74) is 12.9. The van der Waals surface area contributed by atoms with E-state index in [0.29, 0.717) is 11.4 Å². The number of hydrogen-bond acceptors (Lipinski definition) is 0. The molecule has 0 N–H and O–H groups in total. The van der Waals surface area contributed by atoms with Crippen LogP contribution in [0.4, 0.5) is 11.4 Å². The van der Waals surface area contributed by atoms with Gasteiger partial charge < -0.3 is 13.7 Å². The molecule has 0 aliphatic heterocycles. The Bertz CT molecular complexity index is 3420. The van der Waals surface area contributed by atoms with E-state index in [1.165, 1.54) is 21.8 Å². The van der Waals surface area contributed by atoms with E-state index in [2.05, 4.69) is 175 Å². The monoisotopic (exact) mass is 699 g/mol. The predicted octanol–water partition coefficient (Wildman–Crippen LogP) is 13.7. The van der Waals surface area contributed by atoms with Crippen molar-refractivity contribution in [2.75, 3.05) is 0 Å². The Morgan fingerprint density at radius 3 is 1.33 bits per heavy atom. The molecular weight excluding hydrogens is 671 g/mol. The molecule has 0 spiro atoms. The largest absolute Gasteiger partial charge is 0.309 e.